The average Bonchev–Trinajstić information content (AvgIpc) is 3.71. The summed E-state index contributed by atoms with van der Waals surface area (Å²) in [6.07, 6.45) is -0.500. The van der Waals surface area contributed by atoms with E-state index in [1.54, 1.807) is 12.3 Å². The summed E-state index contributed by atoms with van der Waals surface area (Å²) in [6, 6.07) is -1.55. The van der Waals surface area contributed by atoms with Crippen molar-refractivity contribution in [2.24, 2.45) is 10.4 Å². The van der Waals surface area contributed by atoms with Crippen LogP contribution in [-0.4, -0.2) is 94.9 Å². The number of esters is 1. The molecular formula is C29H32F5N5O5S. The first-order chi connectivity index (χ1) is 21.2. The predicted octanol–water partition coefficient (Wildman–Crippen LogP) is 4.02. The van der Waals surface area contributed by atoms with Crippen molar-refractivity contribution in [1.29, 1.82) is 0 Å². The first kappa shape index (κ1) is 32.9. The Kier molecular flexibility index (Phi) is 9.05. The van der Waals surface area contributed by atoms with Crippen LogP contribution in [0.25, 0.3) is 0 Å². The maximum absolute atomic E-state index is 15.6. The van der Waals surface area contributed by atoms with Gasteiger partial charge in [0.15, 0.2) is 22.5 Å². The Bertz CT molecular complexity index is 1540. The number of fused-ring (bicyclic) bond motifs is 1. The largest absolute Gasteiger partial charge is 0.481 e. The highest BCUT2D eigenvalue weighted by Crippen LogP contribution is 2.43. The number of nitrogens with zero attached hydrogens (tertiary/aromatic N) is 4. The molecule has 5 rings (SSSR count). The fourth-order valence-electron chi connectivity index (χ4n) is 5.68. The molecule has 0 radical (unpaired) electrons. The molecule has 1 aromatic carbocycles. The number of alkyl halides is 3. The number of thiazole rings is 1. The maximum Gasteiger partial charge on any atom is 0.338 e. The molecule has 2 saturated heterocycles. The summed E-state index contributed by atoms with van der Waals surface area (Å²) in [4.78, 5) is 40.7. The van der Waals surface area contributed by atoms with Gasteiger partial charge in [-0.15, -0.1) is 11.3 Å². The number of carbonyl (C=O) groups excluding carboxylic acids is 1. The Morgan fingerprint density at radius 2 is 2.04 bits per heavy atom. The third kappa shape index (κ3) is 6.07. The predicted molar refractivity (Wildman–Crippen MR) is 152 cm³/mol. The van der Waals surface area contributed by atoms with Crippen LogP contribution in [-0.2, 0) is 19.2 Å². The molecule has 2 N–H and O–H groups in total. The van der Waals surface area contributed by atoms with E-state index in [9.17, 15) is 23.5 Å². The lowest BCUT2D eigenvalue weighted by Gasteiger charge is -2.31. The zero-order chi connectivity index (χ0) is 32.8. The Morgan fingerprint density at radius 1 is 1.31 bits per heavy atom. The Balaban J connectivity index is 1.53. The third-order valence-corrected chi connectivity index (χ3v) is 9.15. The summed E-state index contributed by atoms with van der Waals surface area (Å²) >= 11 is 1.21. The van der Waals surface area contributed by atoms with E-state index in [0.717, 1.165) is 25.0 Å². The van der Waals surface area contributed by atoms with Gasteiger partial charge in [0.1, 0.15) is 18.3 Å². The molecule has 0 aliphatic carbocycles. The van der Waals surface area contributed by atoms with Crippen molar-refractivity contribution in [3.8, 4) is 0 Å². The minimum absolute atomic E-state index is 0.0332. The Hall–Kier alpha value is -3.47. The fourth-order valence-corrected chi connectivity index (χ4v) is 6.27. The van der Waals surface area contributed by atoms with Gasteiger partial charge in [0, 0.05) is 23.8 Å². The number of likely N-dealkylation sites (tertiary alicyclic amines) is 1. The molecule has 244 valence electrons. The number of carboxylic acids is 1. The topological polar surface area (TPSA) is 117 Å². The number of hydroxylamine groups is 2. The average molecular weight is 658 g/mol. The van der Waals surface area contributed by atoms with Crippen molar-refractivity contribution in [1.82, 2.24) is 20.3 Å². The van der Waals surface area contributed by atoms with Crippen molar-refractivity contribution in [3.63, 3.8) is 0 Å². The minimum atomic E-state index is -3.41. The van der Waals surface area contributed by atoms with Gasteiger partial charge in [-0.1, -0.05) is 6.07 Å². The van der Waals surface area contributed by atoms with Gasteiger partial charge in [-0.05, 0) is 44.9 Å². The second-order valence-corrected chi connectivity index (χ2v) is 12.5. The van der Waals surface area contributed by atoms with E-state index in [-0.39, 0.29) is 48.0 Å². The van der Waals surface area contributed by atoms with Gasteiger partial charge in [0.25, 0.3) is 5.92 Å². The number of nitrogens with one attached hydrogen (secondary N) is 1. The number of aliphatic imine (C=N–C) groups is 1. The van der Waals surface area contributed by atoms with E-state index >= 15 is 13.2 Å². The monoisotopic (exact) mass is 657 g/mol. The summed E-state index contributed by atoms with van der Waals surface area (Å²) in [7, 11) is 0. The fraction of sp³-hybridized carbons (Fsp3) is 0.517. The number of rotatable bonds is 10. The Morgan fingerprint density at radius 3 is 2.69 bits per heavy atom. The van der Waals surface area contributed by atoms with E-state index in [4.69, 9.17) is 9.57 Å². The second-order valence-electron chi connectivity index (χ2n) is 11.6. The molecule has 0 amide bonds. The first-order valence-electron chi connectivity index (χ1n) is 14.2. The number of halogens is 5. The number of ether oxygens (including phenoxy) is 1. The second kappa shape index (κ2) is 12.4. The summed E-state index contributed by atoms with van der Waals surface area (Å²) in [6.45, 7) is 3.21. The molecule has 16 heteroatoms. The van der Waals surface area contributed by atoms with Gasteiger partial charge < -0.3 is 15.2 Å². The molecule has 3 aliphatic heterocycles. The van der Waals surface area contributed by atoms with Crippen LogP contribution in [0, 0.1) is 24.0 Å². The molecule has 0 bridgehead atoms. The van der Waals surface area contributed by atoms with E-state index in [2.05, 4.69) is 15.3 Å². The minimum Gasteiger partial charge on any atom is -0.481 e. The normalized spacial score (nSPS) is 24.3. The summed E-state index contributed by atoms with van der Waals surface area (Å²) in [5.41, 5.74) is -1.73. The van der Waals surface area contributed by atoms with Crippen molar-refractivity contribution in [2.45, 2.75) is 57.9 Å². The maximum atomic E-state index is 15.6. The zero-order valence-corrected chi connectivity index (χ0v) is 25.6. The van der Waals surface area contributed by atoms with Crippen LogP contribution >= 0.6 is 11.3 Å². The molecule has 10 nitrogen and oxygen atoms in total. The number of aromatic nitrogens is 1. The van der Waals surface area contributed by atoms with E-state index in [1.165, 1.54) is 35.4 Å². The number of benzene rings is 1. The number of hydrogen-bond acceptors (Lipinski definition) is 10. The molecular weight excluding hydrogens is 625 g/mol. The smallest absolute Gasteiger partial charge is 0.338 e. The molecule has 2 aromatic rings. The number of aliphatic carboxylic acids is 1. The van der Waals surface area contributed by atoms with E-state index < -0.39 is 72.3 Å². The number of carbonyl (C=O) groups is 2. The van der Waals surface area contributed by atoms with Crippen molar-refractivity contribution in [2.75, 3.05) is 32.8 Å². The Labute approximate surface area is 259 Å². The molecule has 4 atom stereocenters. The molecule has 4 heterocycles. The molecule has 0 spiro atoms. The molecule has 3 aliphatic rings. The lowest BCUT2D eigenvalue weighted by Crippen LogP contribution is -2.50. The van der Waals surface area contributed by atoms with Crippen LogP contribution < -0.4 is 5.32 Å². The van der Waals surface area contributed by atoms with Crippen LogP contribution in [0.2, 0.25) is 0 Å². The van der Waals surface area contributed by atoms with Gasteiger partial charge in [0.05, 0.1) is 43.3 Å². The summed E-state index contributed by atoms with van der Waals surface area (Å²) < 4.78 is 80.3. The van der Waals surface area contributed by atoms with Crippen molar-refractivity contribution < 1.29 is 46.2 Å². The standard InChI is InChI=1S/C29H32F5N5O5S/c1-5-43-26(40)20-17(36-24(25-35-8-9-45-25)37-22(20)15-6-7-16(30)21(32)14(15)2)10-38-13-29(33,34)23-18(38)12-44-39(23)11-19(31)28(3,4)27(41)42/h6-9,18-19,22-23H,5,10-13H2,1-4H3,(H,36,37)(H,41,42)/t18-,19-,22+,23+/m1/s1. The quantitative estimate of drug-likeness (QED) is 0.289. The number of hydrogen-bond donors (Lipinski definition) is 2. The molecule has 1 aromatic heterocycles. The van der Waals surface area contributed by atoms with Crippen LogP contribution in [0.1, 0.15) is 42.9 Å². The van der Waals surface area contributed by atoms with Gasteiger partial charge in [-0.2, -0.15) is 5.06 Å². The highest BCUT2D eigenvalue weighted by atomic mass is 32.1. The molecule has 45 heavy (non-hydrogen) atoms. The lowest BCUT2D eigenvalue weighted by molar-refractivity contribution is -0.196. The summed E-state index contributed by atoms with van der Waals surface area (Å²) in [5, 5.41) is 15.3. The van der Waals surface area contributed by atoms with Crippen LogP contribution in [0.4, 0.5) is 22.0 Å². The zero-order valence-electron chi connectivity index (χ0n) is 24.8. The van der Waals surface area contributed by atoms with Crippen LogP contribution in [0.3, 0.4) is 0 Å². The highest BCUT2D eigenvalue weighted by molar-refractivity contribution is 7.11. The molecule has 2 fully saturated rings. The van der Waals surface area contributed by atoms with Crippen LogP contribution in [0.15, 0.2) is 40.0 Å². The van der Waals surface area contributed by atoms with Gasteiger partial charge in [-0.25, -0.2) is 31.7 Å². The summed E-state index contributed by atoms with van der Waals surface area (Å²) in [5.74, 6) is -7.69. The van der Waals surface area contributed by atoms with Crippen LogP contribution in [0.5, 0.6) is 0 Å². The van der Waals surface area contributed by atoms with Gasteiger partial charge in [0.2, 0.25) is 0 Å². The van der Waals surface area contributed by atoms with Gasteiger partial charge in [-0.3, -0.25) is 19.5 Å². The highest BCUT2D eigenvalue weighted by Gasteiger charge is 2.61. The number of amidine groups is 1. The van der Waals surface area contributed by atoms with E-state index in [0.29, 0.717) is 5.01 Å². The SMILES string of the molecule is CCOC(=O)C1=C(CN2CC(F)(F)[C@@H]3[C@H]2CON3C[C@@H](F)C(C)(C)C(=O)O)NC(c2nccs2)=N[C@H]1c1ccc(F)c(F)c1C. The van der Waals surface area contributed by atoms with E-state index in [1.807, 2.05) is 0 Å². The van der Waals surface area contributed by atoms with Gasteiger partial charge >= 0.3 is 11.9 Å². The molecule has 0 unspecified atom stereocenters. The molecule has 0 saturated carbocycles. The number of carboxylic acid groups (broad SMARTS) is 1. The third-order valence-electron chi connectivity index (χ3n) is 8.37. The van der Waals surface area contributed by atoms with Crippen molar-refractivity contribution in [3.05, 3.63) is 62.7 Å². The van der Waals surface area contributed by atoms with Crippen molar-refractivity contribution >= 4 is 29.1 Å². The first-order valence-corrected chi connectivity index (χ1v) is 15.0. The lowest BCUT2D eigenvalue weighted by atomic mass is 9.87.